The summed E-state index contributed by atoms with van der Waals surface area (Å²) >= 11 is 0. The van der Waals surface area contributed by atoms with Crippen molar-refractivity contribution in [3.63, 3.8) is 0 Å². The highest BCUT2D eigenvalue weighted by atomic mass is 16.5. The summed E-state index contributed by atoms with van der Waals surface area (Å²) in [7, 11) is 0. The highest BCUT2D eigenvalue weighted by Crippen LogP contribution is 2.21. The first-order valence-electron chi connectivity index (χ1n) is 9.12. The Morgan fingerprint density at radius 1 is 1.12 bits per heavy atom. The van der Waals surface area contributed by atoms with E-state index in [9.17, 15) is 4.79 Å². The van der Waals surface area contributed by atoms with Crippen LogP contribution in [0.2, 0.25) is 0 Å². The van der Waals surface area contributed by atoms with Gasteiger partial charge in [-0.3, -0.25) is 9.36 Å². The van der Waals surface area contributed by atoms with Gasteiger partial charge in [-0.25, -0.2) is 9.97 Å². The number of piperidine rings is 1. The molecule has 0 spiro atoms. The first-order valence-corrected chi connectivity index (χ1v) is 9.12. The summed E-state index contributed by atoms with van der Waals surface area (Å²) < 4.78 is 7.40. The zero-order chi connectivity index (χ0) is 17.9. The number of fused-ring (bicyclic) bond motifs is 1. The van der Waals surface area contributed by atoms with Crippen LogP contribution in [0.15, 0.2) is 42.9 Å². The van der Waals surface area contributed by atoms with Crippen LogP contribution in [-0.2, 0) is 0 Å². The van der Waals surface area contributed by atoms with Crippen molar-refractivity contribution in [2.45, 2.75) is 26.2 Å². The van der Waals surface area contributed by atoms with E-state index in [0.29, 0.717) is 12.2 Å². The van der Waals surface area contributed by atoms with E-state index >= 15 is 0 Å². The average Bonchev–Trinajstić information content (AvgIpc) is 3.12. The number of benzene rings is 1. The van der Waals surface area contributed by atoms with Crippen LogP contribution in [0.4, 0.5) is 0 Å². The van der Waals surface area contributed by atoms with Crippen molar-refractivity contribution in [1.29, 1.82) is 0 Å². The number of ether oxygens (including phenoxy) is 1. The van der Waals surface area contributed by atoms with Crippen LogP contribution >= 0.6 is 0 Å². The normalized spacial score (nSPS) is 14.6. The van der Waals surface area contributed by atoms with Crippen LogP contribution in [0.1, 0.15) is 36.5 Å². The van der Waals surface area contributed by atoms with Crippen molar-refractivity contribution >= 4 is 17.1 Å². The molecule has 0 bridgehead atoms. The number of amides is 1. The Labute approximate surface area is 152 Å². The lowest BCUT2D eigenvalue weighted by Crippen LogP contribution is -2.35. The topological polar surface area (TPSA) is 60.3 Å². The minimum atomic E-state index is 0.0507. The Kier molecular flexibility index (Phi) is 4.56. The lowest BCUT2D eigenvalue weighted by atomic mass is 10.1. The summed E-state index contributed by atoms with van der Waals surface area (Å²) in [6, 6.07) is 9.64. The van der Waals surface area contributed by atoms with Crippen LogP contribution in [0.5, 0.6) is 5.75 Å². The molecule has 0 radical (unpaired) electrons. The van der Waals surface area contributed by atoms with E-state index < -0.39 is 0 Å². The maximum atomic E-state index is 12.7. The minimum Gasteiger partial charge on any atom is -0.494 e. The molecule has 1 saturated heterocycles. The highest BCUT2D eigenvalue weighted by Gasteiger charge is 2.19. The molecular formula is C20H22N4O2. The van der Waals surface area contributed by atoms with E-state index in [2.05, 4.69) is 9.97 Å². The largest absolute Gasteiger partial charge is 0.494 e. The van der Waals surface area contributed by atoms with E-state index in [-0.39, 0.29) is 5.91 Å². The number of rotatable bonds is 4. The minimum absolute atomic E-state index is 0.0507. The standard InChI is InChI=1S/C20H22N4O2/c1-2-26-17-8-6-16(7-9-17)24-14-22-18-12-15(13-21-19(18)24)20(25)23-10-4-3-5-11-23/h6-9,12-14H,2-5,10-11H2,1H3. The second kappa shape index (κ2) is 7.15. The van der Waals surface area contributed by atoms with E-state index in [1.54, 1.807) is 12.5 Å². The van der Waals surface area contributed by atoms with Crippen LogP contribution in [-0.4, -0.2) is 45.0 Å². The van der Waals surface area contributed by atoms with Crippen molar-refractivity contribution in [1.82, 2.24) is 19.4 Å². The van der Waals surface area contributed by atoms with Gasteiger partial charge in [-0.15, -0.1) is 0 Å². The van der Waals surface area contributed by atoms with Gasteiger partial charge < -0.3 is 9.64 Å². The third-order valence-corrected chi connectivity index (χ3v) is 4.70. The maximum absolute atomic E-state index is 12.7. The van der Waals surface area contributed by atoms with Gasteiger partial charge in [-0.05, 0) is 56.5 Å². The number of hydrogen-bond donors (Lipinski definition) is 0. The molecule has 134 valence electrons. The summed E-state index contributed by atoms with van der Waals surface area (Å²) in [4.78, 5) is 23.5. The van der Waals surface area contributed by atoms with Gasteiger partial charge in [-0.1, -0.05) is 0 Å². The molecule has 6 heteroatoms. The molecule has 1 aliphatic heterocycles. The number of carbonyl (C=O) groups excluding carboxylic acids is 1. The summed E-state index contributed by atoms with van der Waals surface area (Å²) in [5, 5.41) is 0. The Balaban J connectivity index is 1.61. The molecule has 1 fully saturated rings. The molecule has 3 heterocycles. The van der Waals surface area contributed by atoms with Crippen LogP contribution in [0.25, 0.3) is 16.9 Å². The van der Waals surface area contributed by atoms with Gasteiger partial charge >= 0.3 is 0 Å². The molecule has 6 nitrogen and oxygen atoms in total. The average molecular weight is 350 g/mol. The molecule has 0 aliphatic carbocycles. The Bertz CT molecular complexity index is 911. The molecule has 0 saturated carbocycles. The lowest BCUT2D eigenvalue weighted by molar-refractivity contribution is 0.0724. The molecule has 1 amide bonds. The van der Waals surface area contributed by atoms with E-state index in [4.69, 9.17) is 4.74 Å². The molecule has 0 unspecified atom stereocenters. The first kappa shape index (κ1) is 16.6. The number of aromatic nitrogens is 3. The van der Waals surface area contributed by atoms with Gasteiger partial charge in [0.2, 0.25) is 0 Å². The van der Waals surface area contributed by atoms with E-state index in [1.165, 1.54) is 6.42 Å². The van der Waals surface area contributed by atoms with E-state index in [1.807, 2.05) is 46.7 Å². The Hall–Kier alpha value is -2.89. The van der Waals surface area contributed by atoms with Crippen molar-refractivity contribution in [2.24, 2.45) is 0 Å². The molecular weight excluding hydrogens is 328 g/mol. The summed E-state index contributed by atoms with van der Waals surface area (Å²) in [5.41, 5.74) is 3.03. The molecule has 3 aromatic rings. The van der Waals surface area contributed by atoms with Gasteiger partial charge in [0.05, 0.1) is 12.2 Å². The quantitative estimate of drug-likeness (QED) is 0.723. The SMILES string of the molecule is CCOc1ccc(-n2cnc3cc(C(=O)N4CCCCC4)cnc32)cc1. The van der Waals surface area contributed by atoms with Crippen LogP contribution in [0.3, 0.4) is 0 Å². The van der Waals surface area contributed by atoms with Crippen LogP contribution < -0.4 is 4.74 Å². The van der Waals surface area contributed by atoms with Gasteiger partial charge in [0.1, 0.15) is 17.6 Å². The summed E-state index contributed by atoms with van der Waals surface area (Å²) in [6.07, 6.45) is 6.75. The molecule has 0 N–H and O–H groups in total. The molecule has 4 rings (SSSR count). The smallest absolute Gasteiger partial charge is 0.255 e. The van der Waals surface area contributed by atoms with Gasteiger partial charge in [-0.2, -0.15) is 0 Å². The van der Waals surface area contributed by atoms with Crippen molar-refractivity contribution in [2.75, 3.05) is 19.7 Å². The van der Waals surface area contributed by atoms with Gasteiger partial charge in [0, 0.05) is 25.0 Å². The van der Waals surface area contributed by atoms with Crippen LogP contribution in [0, 0.1) is 0 Å². The third-order valence-electron chi connectivity index (χ3n) is 4.70. The zero-order valence-electron chi connectivity index (χ0n) is 14.9. The second-order valence-electron chi connectivity index (χ2n) is 6.46. The number of carbonyl (C=O) groups is 1. The number of pyridine rings is 1. The highest BCUT2D eigenvalue weighted by molar-refractivity contribution is 5.96. The molecule has 1 aromatic carbocycles. The lowest BCUT2D eigenvalue weighted by Gasteiger charge is -2.26. The predicted molar refractivity (Wildman–Crippen MR) is 99.8 cm³/mol. The van der Waals surface area contributed by atoms with E-state index in [0.717, 1.165) is 48.5 Å². The number of imidazole rings is 1. The third kappa shape index (κ3) is 3.14. The fourth-order valence-electron chi connectivity index (χ4n) is 3.36. The fraction of sp³-hybridized carbons (Fsp3) is 0.350. The van der Waals surface area contributed by atoms with Gasteiger partial charge in [0.25, 0.3) is 5.91 Å². The molecule has 1 aliphatic rings. The fourth-order valence-corrected chi connectivity index (χ4v) is 3.36. The van der Waals surface area contributed by atoms with Crippen molar-refractivity contribution in [3.8, 4) is 11.4 Å². The number of nitrogens with zero attached hydrogens (tertiary/aromatic N) is 4. The Morgan fingerprint density at radius 2 is 1.88 bits per heavy atom. The van der Waals surface area contributed by atoms with Crippen molar-refractivity contribution < 1.29 is 9.53 Å². The predicted octanol–water partition coefficient (Wildman–Crippen LogP) is 3.45. The number of hydrogen-bond acceptors (Lipinski definition) is 4. The number of likely N-dealkylation sites (tertiary alicyclic amines) is 1. The van der Waals surface area contributed by atoms with Gasteiger partial charge in [0.15, 0.2) is 5.65 Å². The second-order valence-corrected chi connectivity index (χ2v) is 6.46. The Morgan fingerprint density at radius 3 is 2.62 bits per heavy atom. The summed E-state index contributed by atoms with van der Waals surface area (Å²) in [5.74, 6) is 0.887. The first-order chi connectivity index (χ1) is 12.8. The molecule has 0 atom stereocenters. The summed E-state index contributed by atoms with van der Waals surface area (Å²) in [6.45, 7) is 4.27. The zero-order valence-corrected chi connectivity index (χ0v) is 14.9. The molecule has 2 aromatic heterocycles. The van der Waals surface area contributed by atoms with Crippen molar-refractivity contribution in [3.05, 3.63) is 48.4 Å². The monoisotopic (exact) mass is 350 g/mol. The molecule has 26 heavy (non-hydrogen) atoms. The maximum Gasteiger partial charge on any atom is 0.255 e.